The number of carbonyl (C=O) groups is 1. The number of halogens is 3. The molecule has 3 nitrogen and oxygen atoms in total. The average Bonchev–Trinajstić information content (AvgIpc) is 2.72. The van der Waals surface area contributed by atoms with Crippen LogP contribution >= 0.6 is 39.1 Å². The molecule has 0 aromatic heterocycles. The summed E-state index contributed by atoms with van der Waals surface area (Å²) in [6, 6.07) is 20.9. The minimum atomic E-state index is -0.812. The predicted molar refractivity (Wildman–Crippen MR) is 126 cm³/mol. The molecule has 0 fully saturated rings. The van der Waals surface area contributed by atoms with Crippen molar-refractivity contribution < 1.29 is 14.6 Å². The molecule has 3 aromatic rings. The van der Waals surface area contributed by atoms with Crippen molar-refractivity contribution in [2.75, 3.05) is 6.61 Å². The van der Waals surface area contributed by atoms with E-state index in [1.54, 1.807) is 0 Å². The predicted octanol–water partition coefficient (Wildman–Crippen LogP) is 7.28. The van der Waals surface area contributed by atoms with Crippen LogP contribution in [0.4, 0.5) is 0 Å². The highest BCUT2D eigenvalue weighted by Crippen LogP contribution is 2.29. The van der Waals surface area contributed by atoms with Crippen LogP contribution in [-0.2, 0) is 11.2 Å². The number of rotatable bonds is 8. The summed E-state index contributed by atoms with van der Waals surface area (Å²) in [6.45, 7) is 0.355. The van der Waals surface area contributed by atoms with Crippen LogP contribution in [-0.4, -0.2) is 17.7 Å². The van der Waals surface area contributed by atoms with Crippen LogP contribution in [0.15, 0.2) is 77.3 Å². The summed E-state index contributed by atoms with van der Waals surface area (Å²) in [5.41, 5.74) is 3.99. The second kappa shape index (κ2) is 10.7. The number of aryl methyl sites for hydroxylation is 1. The molecule has 0 aliphatic heterocycles. The van der Waals surface area contributed by atoms with Gasteiger partial charge in [-0.25, -0.2) is 0 Å². The molecule has 30 heavy (non-hydrogen) atoms. The van der Waals surface area contributed by atoms with E-state index in [9.17, 15) is 4.79 Å². The maximum atomic E-state index is 10.7. The molecule has 0 amide bonds. The molecule has 1 N–H and O–H groups in total. The maximum absolute atomic E-state index is 10.7. The van der Waals surface area contributed by atoms with Crippen LogP contribution in [0.1, 0.15) is 23.1 Å². The molecular formula is C24H19BrCl2O3. The molecule has 0 spiro atoms. The second-order valence-corrected chi connectivity index (χ2v) is 8.33. The van der Waals surface area contributed by atoms with E-state index in [1.807, 2.05) is 72.8 Å². The van der Waals surface area contributed by atoms with E-state index >= 15 is 0 Å². The quantitative estimate of drug-likeness (QED) is 0.349. The fourth-order valence-electron chi connectivity index (χ4n) is 2.94. The summed E-state index contributed by atoms with van der Waals surface area (Å²) in [5.74, 6) is -0.120. The topological polar surface area (TPSA) is 46.5 Å². The lowest BCUT2D eigenvalue weighted by Gasteiger charge is -2.12. The van der Waals surface area contributed by atoms with E-state index in [0.717, 1.165) is 26.7 Å². The van der Waals surface area contributed by atoms with E-state index < -0.39 is 5.97 Å². The van der Waals surface area contributed by atoms with Crippen LogP contribution in [0, 0.1) is 0 Å². The summed E-state index contributed by atoms with van der Waals surface area (Å²) < 4.78 is 6.74. The van der Waals surface area contributed by atoms with Gasteiger partial charge in [0, 0.05) is 16.5 Å². The normalized spacial score (nSPS) is 10.5. The summed E-state index contributed by atoms with van der Waals surface area (Å²) >= 11 is 15.6. The molecule has 0 heterocycles. The van der Waals surface area contributed by atoms with Gasteiger partial charge in [-0.1, -0.05) is 53.5 Å². The van der Waals surface area contributed by atoms with Gasteiger partial charge in [0.15, 0.2) is 0 Å². The Morgan fingerprint density at radius 1 is 0.933 bits per heavy atom. The highest BCUT2D eigenvalue weighted by atomic mass is 79.9. The van der Waals surface area contributed by atoms with Crippen molar-refractivity contribution in [3.63, 3.8) is 0 Å². The Bertz CT molecular complexity index is 998. The third-order valence-electron chi connectivity index (χ3n) is 4.46. The van der Waals surface area contributed by atoms with Crippen LogP contribution in [0.3, 0.4) is 0 Å². The molecular weight excluding hydrogens is 487 g/mol. The van der Waals surface area contributed by atoms with Gasteiger partial charge >= 0.3 is 5.97 Å². The van der Waals surface area contributed by atoms with Gasteiger partial charge in [-0.2, -0.15) is 0 Å². The number of hydrogen-bond acceptors (Lipinski definition) is 2. The summed E-state index contributed by atoms with van der Waals surface area (Å²) in [6.07, 6.45) is 2.59. The van der Waals surface area contributed by atoms with Crippen molar-refractivity contribution in [1.29, 1.82) is 0 Å². The maximum Gasteiger partial charge on any atom is 0.303 e. The number of carboxylic acid groups (broad SMARTS) is 1. The third kappa shape index (κ3) is 6.36. The van der Waals surface area contributed by atoms with Crippen LogP contribution in [0.2, 0.25) is 10.0 Å². The van der Waals surface area contributed by atoms with E-state index in [2.05, 4.69) is 15.9 Å². The fourth-order valence-corrected chi connectivity index (χ4v) is 3.74. The van der Waals surface area contributed by atoms with Gasteiger partial charge in [-0.3, -0.25) is 4.79 Å². The highest BCUT2D eigenvalue weighted by molar-refractivity contribution is 9.10. The Morgan fingerprint density at radius 3 is 2.00 bits per heavy atom. The van der Waals surface area contributed by atoms with Crippen molar-refractivity contribution >= 4 is 50.7 Å². The molecule has 3 aromatic carbocycles. The van der Waals surface area contributed by atoms with Crippen molar-refractivity contribution in [3.05, 3.63) is 104 Å². The van der Waals surface area contributed by atoms with Gasteiger partial charge in [0.05, 0.1) is 4.47 Å². The largest absolute Gasteiger partial charge is 0.488 e. The second-order valence-electron chi connectivity index (χ2n) is 6.60. The van der Waals surface area contributed by atoms with Crippen molar-refractivity contribution in [1.82, 2.24) is 0 Å². The smallest absolute Gasteiger partial charge is 0.303 e. The average molecular weight is 506 g/mol. The van der Waals surface area contributed by atoms with Gasteiger partial charge in [-0.05, 0) is 87.1 Å². The molecule has 0 aliphatic rings. The van der Waals surface area contributed by atoms with E-state index in [0.29, 0.717) is 28.8 Å². The molecule has 0 saturated heterocycles. The number of carboxylic acids is 1. The number of aliphatic carboxylic acids is 1. The molecule has 0 saturated carbocycles. The van der Waals surface area contributed by atoms with Gasteiger partial charge < -0.3 is 9.84 Å². The zero-order valence-electron chi connectivity index (χ0n) is 15.9. The Morgan fingerprint density at radius 2 is 1.50 bits per heavy atom. The summed E-state index contributed by atoms with van der Waals surface area (Å²) in [7, 11) is 0. The third-order valence-corrected chi connectivity index (χ3v) is 5.58. The molecule has 0 atom stereocenters. The molecule has 154 valence electrons. The monoisotopic (exact) mass is 504 g/mol. The first-order chi connectivity index (χ1) is 14.4. The lowest BCUT2D eigenvalue weighted by atomic mass is 9.98. The fraction of sp³-hybridized carbons (Fsp3) is 0.125. The Labute approximate surface area is 194 Å². The number of hydrogen-bond donors (Lipinski definition) is 1. The van der Waals surface area contributed by atoms with Gasteiger partial charge in [0.1, 0.15) is 12.4 Å². The first-order valence-corrected chi connectivity index (χ1v) is 10.8. The lowest BCUT2D eigenvalue weighted by Crippen LogP contribution is -1.99. The Balaban J connectivity index is 1.78. The van der Waals surface area contributed by atoms with Crippen molar-refractivity contribution in [3.8, 4) is 5.75 Å². The summed E-state index contributed by atoms with van der Waals surface area (Å²) in [4.78, 5) is 10.7. The van der Waals surface area contributed by atoms with Gasteiger partial charge in [0.25, 0.3) is 0 Å². The SMILES string of the molecule is O=C(O)CCc1ccc(OCC=C(c2ccc(Cl)cc2)c2ccc(Cl)cc2)c(Br)c1. The van der Waals surface area contributed by atoms with Crippen LogP contribution in [0.5, 0.6) is 5.75 Å². The molecule has 0 aliphatic carbocycles. The standard InChI is InChI=1S/C24H19BrCl2O3/c25-22-15-16(2-12-24(28)29)1-11-23(22)30-14-13-21(17-3-7-19(26)8-4-17)18-5-9-20(27)10-6-18/h1,3-11,13,15H,2,12,14H2,(H,28,29). The van der Waals surface area contributed by atoms with E-state index in [4.69, 9.17) is 33.0 Å². The molecule has 0 bridgehead atoms. The van der Waals surface area contributed by atoms with E-state index in [-0.39, 0.29) is 6.42 Å². The minimum Gasteiger partial charge on any atom is -0.488 e. The first kappa shape index (κ1) is 22.4. The molecule has 6 heteroatoms. The molecule has 3 rings (SSSR count). The molecule has 0 unspecified atom stereocenters. The number of ether oxygens (including phenoxy) is 1. The summed E-state index contributed by atoms with van der Waals surface area (Å²) in [5, 5.41) is 10.2. The Kier molecular flexibility index (Phi) is 7.97. The van der Waals surface area contributed by atoms with Gasteiger partial charge in [-0.15, -0.1) is 0 Å². The zero-order chi connectivity index (χ0) is 21.5. The Hall–Kier alpha value is -2.27. The van der Waals surface area contributed by atoms with E-state index in [1.165, 1.54) is 0 Å². The molecule has 0 radical (unpaired) electrons. The van der Waals surface area contributed by atoms with Crippen LogP contribution < -0.4 is 4.74 Å². The van der Waals surface area contributed by atoms with Gasteiger partial charge in [0.2, 0.25) is 0 Å². The highest BCUT2D eigenvalue weighted by Gasteiger charge is 2.08. The van der Waals surface area contributed by atoms with Crippen molar-refractivity contribution in [2.45, 2.75) is 12.8 Å². The number of benzene rings is 3. The van der Waals surface area contributed by atoms with Crippen LogP contribution in [0.25, 0.3) is 5.57 Å². The lowest BCUT2D eigenvalue weighted by molar-refractivity contribution is -0.136. The van der Waals surface area contributed by atoms with Crippen molar-refractivity contribution in [2.24, 2.45) is 0 Å². The minimum absolute atomic E-state index is 0.0981. The zero-order valence-corrected chi connectivity index (χ0v) is 19.0. The first-order valence-electron chi connectivity index (χ1n) is 9.27.